The molecule has 2 aromatic rings. The molecule has 1 aliphatic carbocycles. The summed E-state index contributed by atoms with van der Waals surface area (Å²) >= 11 is -0.826. The average Bonchev–Trinajstić information content (AvgIpc) is 3.08. The van der Waals surface area contributed by atoms with Crippen molar-refractivity contribution in [2.24, 2.45) is 5.92 Å². The van der Waals surface area contributed by atoms with E-state index in [0.717, 1.165) is 6.42 Å². The van der Waals surface area contributed by atoms with Gasteiger partial charge < -0.3 is 0 Å². The van der Waals surface area contributed by atoms with E-state index in [-0.39, 0.29) is 0 Å². The van der Waals surface area contributed by atoms with Crippen LogP contribution in [-0.4, -0.2) is 0 Å². The fraction of sp³-hybridized carbons (Fsp3) is 0.391. The normalized spacial score (nSPS) is 12.3. The second-order valence-electron chi connectivity index (χ2n) is 7.15. The molecule has 2 aromatic carbocycles. The van der Waals surface area contributed by atoms with E-state index in [0.29, 0.717) is 5.92 Å². The van der Waals surface area contributed by atoms with Gasteiger partial charge in [0.05, 0.1) is 0 Å². The number of allylic oxidation sites excluding steroid dienone is 1. The number of aryl methyl sites for hydroxylation is 1. The number of hydrogen-bond donors (Lipinski definition) is 0. The molecule has 0 nitrogen and oxygen atoms in total. The Hall–Kier alpha value is -0.357. The molecule has 0 N–H and O–H groups in total. The van der Waals surface area contributed by atoms with Gasteiger partial charge >= 0.3 is 37.9 Å². The van der Waals surface area contributed by atoms with Gasteiger partial charge in [0.25, 0.3) is 0 Å². The first-order valence-corrected chi connectivity index (χ1v) is 15.8. The zero-order valence-corrected chi connectivity index (χ0v) is 20.0. The Morgan fingerprint density at radius 1 is 1.00 bits per heavy atom. The maximum absolute atomic E-state index is 4.93. The van der Waals surface area contributed by atoms with Crippen molar-refractivity contribution in [1.82, 2.24) is 0 Å². The zero-order valence-electron chi connectivity index (χ0n) is 16.0. The van der Waals surface area contributed by atoms with E-state index in [4.69, 9.17) is 17.0 Å². The Balaban J connectivity index is 0.000000758. The van der Waals surface area contributed by atoms with Crippen LogP contribution in [0.1, 0.15) is 56.7 Å². The van der Waals surface area contributed by atoms with Crippen molar-refractivity contribution >= 4 is 23.1 Å². The Bertz CT molecular complexity index is 717. The van der Waals surface area contributed by atoms with E-state index in [2.05, 4.69) is 69.3 Å². The standard InChI is InChI=1S/C23H28.2ClH.Zr/c1-4-5-6-8-18-11-13-19(14-12-18)22-10-7-9-20-15-21(17(2)3)16-23(20)22;;;/h7,9-14,16-17H,4-6,8,15H2,1-3H3;2*1H;/q;;;+2/p-2. The van der Waals surface area contributed by atoms with Crippen LogP contribution in [0.4, 0.5) is 0 Å². The molecule has 3 rings (SSSR count). The van der Waals surface area contributed by atoms with Gasteiger partial charge in [-0.05, 0) is 53.0 Å². The summed E-state index contributed by atoms with van der Waals surface area (Å²) in [6.07, 6.45) is 8.67. The minimum absolute atomic E-state index is 0.635. The Morgan fingerprint density at radius 3 is 2.31 bits per heavy atom. The van der Waals surface area contributed by atoms with Crippen LogP contribution in [0.3, 0.4) is 0 Å². The second kappa shape index (κ2) is 11.5. The summed E-state index contributed by atoms with van der Waals surface area (Å²) in [5.74, 6) is 0.635. The molecule has 0 amide bonds. The molecule has 0 atom stereocenters. The van der Waals surface area contributed by atoms with Crippen molar-refractivity contribution in [3.05, 3.63) is 64.7 Å². The third-order valence-electron chi connectivity index (χ3n) is 5.00. The summed E-state index contributed by atoms with van der Waals surface area (Å²) in [6.45, 7) is 6.85. The van der Waals surface area contributed by atoms with Crippen molar-refractivity contribution in [3.63, 3.8) is 0 Å². The van der Waals surface area contributed by atoms with Crippen LogP contribution in [-0.2, 0) is 33.7 Å². The van der Waals surface area contributed by atoms with Crippen LogP contribution >= 0.6 is 17.0 Å². The quantitative estimate of drug-likeness (QED) is 0.378. The van der Waals surface area contributed by atoms with Gasteiger partial charge in [-0.3, -0.25) is 0 Å². The van der Waals surface area contributed by atoms with Gasteiger partial charge in [-0.15, -0.1) is 0 Å². The van der Waals surface area contributed by atoms with Crippen molar-refractivity contribution in [2.45, 2.75) is 52.9 Å². The Morgan fingerprint density at radius 2 is 1.69 bits per heavy atom. The summed E-state index contributed by atoms with van der Waals surface area (Å²) in [7, 11) is 9.87. The summed E-state index contributed by atoms with van der Waals surface area (Å²) in [5.41, 5.74) is 8.69. The molecule has 0 aliphatic heterocycles. The molecule has 1 aliphatic rings. The summed E-state index contributed by atoms with van der Waals surface area (Å²) < 4.78 is 0. The molecule has 0 unspecified atom stereocenters. The Labute approximate surface area is 177 Å². The van der Waals surface area contributed by atoms with Crippen LogP contribution in [0.2, 0.25) is 0 Å². The Kier molecular flexibility index (Phi) is 9.68. The third-order valence-corrected chi connectivity index (χ3v) is 5.00. The molecule has 3 heteroatoms. The first-order valence-electron chi connectivity index (χ1n) is 9.48. The molecule has 0 saturated carbocycles. The first kappa shape index (κ1) is 21.9. The molecule has 26 heavy (non-hydrogen) atoms. The van der Waals surface area contributed by atoms with Crippen LogP contribution in [0.5, 0.6) is 0 Å². The topological polar surface area (TPSA) is 0 Å². The molecule has 0 heterocycles. The molecule has 0 fully saturated rings. The van der Waals surface area contributed by atoms with E-state index in [1.54, 1.807) is 5.57 Å². The van der Waals surface area contributed by atoms with Gasteiger partial charge in [0, 0.05) is 0 Å². The number of benzene rings is 2. The zero-order chi connectivity index (χ0) is 18.9. The van der Waals surface area contributed by atoms with Crippen molar-refractivity contribution in [2.75, 3.05) is 0 Å². The first-order chi connectivity index (χ1) is 12.6. The van der Waals surface area contributed by atoms with Gasteiger partial charge in [-0.1, -0.05) is 87.7 Å². The number of halogens is 2. The summed E-state index contributed by atoms with van der Waals surface area (Å²) in [4.78, 5) is 0. The van der Waals surface area contributed by atoms with E-state index < -0.39 is 20.8 Å². The third kappa shape index (κ3) is 6.08. The van der Waals surface area contributed by atoms with E-state index in [1.165, 1.54) is 53.5 Å². The monoisotopic (exact) mass is 464 g/mol. The predicted octanol–water partition coefficient (Wildman–Crippen LogP) is 8.06. The fourth-order valence-electron chi connectivity index (χ4n) is 3.45. The molecule has 0 spiro atoms. The summed E-state index contributed by atoms with van der Waals surface area (Å²) in [5, 5.41) is 0. The fourth-order valence-corrected chi connectivity index (χ4v) is 3.45. The number of unbranched alkanes of at least 4 members (excludes halogenated alkanes) is 2. The van der Waals surface area contributed by atoms with Crippen molar-refractivity contribution < 1.29 is 20.8 Å². The van der Waals surface area contributed by atoms with Crippen molar-refractivity contribution in [1.29, 1.82) is 0 Å². The number of fused-ring (bicyclic) bond motifs is 1. The molecule has 0 aromatic heterocycles. The average molecular weight is 467 g/mol. The van der Waals surface area contributed by atoms with Gasteiger partial charge in [0.2, 0.25) is 0 Å². The molecule has 0 saturated heterocycles. The van der Waals surface area contributed by atoms with Crippen LogP contribution in [0.15, 0.2) is 48.0 Å². The van der Waals surface area contributed by atoms with Gasteiger partial charge in [-0.2, -0.15) is 0 Å². The van der Waals surface area contributed by atoms with E-state index in [9.17, 15) is 0 Å². The van der Waals surface area contributed by atoms with Gasteiger partial charge in [-0.25, -0.2) is 0 Å². The second-order valence-corrected chi connectivity index (χ2v) is 10.9. The number of hydrogen-bond acceptors (Lipinski definition) is 0. The number of rotatable bonds is 6. The molecule has 0 radical (unpaired) electrons. The molecule has 138 valence electrons. The van der Waals surface area contributed by atoms with Crippen molar-refractivity contribution in [3.8, 4) is 11.1 Å². The van der Waals surface area contributed by atoms with Crippen LogP contribution in [0, 0.1) is 5.92 Å². The van der Waals surface area contributed by atoms with Gasteiger partial charge in [0.1, 0.15) is 0 Å². The van der Waals surface area contributed by atoms with E-state index in [1.807, 2.05) is 0 Å². The molecule has 0 bridgehead atoms. The summed E-state index contributed by atoms with van der Waals surface area (Å²) in [6, 6.07) is 16.0. The maximum atomic E-state index is 4.93. The van der Waals surface area contributed by atoms with Gasteiger partial charge in [0.15, 0.2) is 0 Å². The van der Waals surface area contributed by atoms with Crippen LogP contribution < -0.4 is 0 Å². The van der Waals surface area contributed by atoms with E-state index >= 15 is 0 Å². The predicted molar refractivity (Wildman–Crippen MR) is 113 cm³/mol. The molecular formula is C23H28Cl2Zr. The molecular weight excluding hydrogens is 438 g/mol. The van der Waals surface area contributed by atoms with Crippen LogP contribution in [0.25, 0.3) is 17.2 Å². The SMILES string of the molecule is CCCCCc1ccc(-c2cccc3c2C=C(C(C)C)C3)cc1.[Cl][Zr][Cl]. The minimum atomic E-state index is -0.826.